The highest BCUT2D eigenvalue weighted by molar-refractivity contribution is 6.06. The first-order valence-corrected chi connectivity index (χ1v) is 8.96. The van der Waals surface area contributed by atoms with Crippen molar-refractivity contribution < 1.29 is 9.53 Å². The Morgan fingerprint density at radius 1 is 1.15 bits per heavy atom. The number of rotatable bonds is 6. The first-order chi connectivity index (χ1) is 12.6. The number of aryl methyl sites for hydroxylation is 1. The van der Waals surface area contributed by atoms with Gasteiger partial charge in [0.05, 0.1) is 11.1 Å². The van der Waals surface area contributed by atoms with Crippen LogP contribution in [0.4, 0.5) is 0 Å². The molecule has 4 nitrogen and oxygen atoms in total. The molecule has 1 aromatic heterocycles. The van der Waals surface area contributed by atoms with Crippen molar-refractivity contribution in [3.05, 3.63) is 71.3 Å². The normalized spacial score (nSPS) is 12.0. The molecule has 0 spiro atoms. The van der Waals surface area contributed by atoms with E-state index in [4.69, 9.17) is 4.74 Å². The minimum Gasteiger partial charge on any atom is -0.473 e. The van der Waals surface area contributed by atoms with Crippen LogP contribution >= 0.6 is 0 Å². The molecule has 1 unspecified atom stereocenters. The second-order valence-corrected chi connectivity index (χ2v) is 6.58. The third-order valence-electron chi connectivity index (χ3n) is 4.43. The lowest BCUT2D eigenvalue weighted by Gasteiger charge is -2.14. The molecular weight excluding hydrogens is 324 g/mol. The fraction of sp³-hybridized carbons (Fsp3) is 0.273. The fourth-order valence-corrected chi connectivity index (χ4v) is 2.66. The van der Waals surface area contributed by atoms with Crippen LogP contribution in [0, 0.1) is 6.92 Å². The minimum atomic E-state index is -0.0989. The van der Waals surface area contributed by atoms with Gasteiger partial charge in [0, 0.05) is 17.5 Å². The van der Waals surface area contributed by atoms with Gasteiger partial charge >= 0.3 is 0 Å². The van der Waals surface area contributed by atoms with Crippen LogP contribution in [0.3, 0.4) is 0 Å². The van der Waals surface area contributed by atoms with Gasteiger partial charge in [-0.05, 0) is 31.9 Å². The summed E-state index contributed by atoms with van der Waals surface area (Å²) >= 11 is 0. The van der Waals surface area contributed by atoms with Crippen molar-refractivity contribution in [1.82, 2.24) is 10.3 Å². The van der Waals surface area contributed by atoms with Gasteiger partial charge in [0.2, 0.25) is 5.88 Å². The third-order valence-corrected chi connectivity index (χ3v) is 4.43. The summed E-state index contributed by atoms with van der Waals surface area (Å²) in [6, 6.07) is 17.7. The number of benzene rings is 2. The number of nitrogens with zero attached hydrogens (tertiary/aromatic N) is 1. The first kappa shape index (κ1) is 17.9. The number of aromatic nitrogens is 1. The Labute approximate surface area is 154 Å². The lowest BCUT2D eigenvalue weighted by atomic mass is 10.1. The molecule has 0 aliphatic rings. The molecule has 3 aromatic rings. The number of ether oxygens (including phenoxy) is 1. The molecule has 0 saturated carbocycles. The summed E-state index contributed by atoms with van der Waals surface area (Å²) in [4.78, 5) is 17.2. The van der Waals surface area contributed by atoms with Gasteiger partial charge in [-0.1, -0.05) is 55.0 Å². The molecule has 2 aromatic carbocycles. The van der Waals surface area contributed by atoms with E-state index in [-0.39, 0.29) is 11.9 Å². The van der Waals surface area contributed by atoms with Gasteiger partial charge in [-0.3, -0.25) is 4.79 Å². The number of pyridine rings is 1. The summed E-state index contributed by atoms with van der Waals surface area (Å²) in [6.45, 7) is 6.51. The Morgan fingerprint density at radius 2 is 1.88 bits per heavy atom. The number of carbonyl (C=O) groups is 1. The molecule has 0 saturated heterocycles. The highest BCUT2D eigenvalue weighted by atomic mass is 16.5. The number of fused-ring (bicyclic) bond motifs is 1. The van der Waals surface area contributed by atoms with Crippen LogP contribution in [0.2, 0.25) is 0 Å². The van der Waals surface area contributed by atoms with Gasteiger partial charge in [-0.25, -0.2) is 4.98 Å². The molecule has 26 heavy (non-hydrogen) atoms. The zero-order valence-corrected chi connectivity index (χ0v) is 15.5. The quantitative estimate of drug-likeness (QED) is 0.705. The Balaban J connectivity index is 1.88. The van der Waals surface area contributed by atoms with Crippen LogP contribution in [0.1, 0.15) is 41.8 Å². The Bertz CT molecular complexity index is 904. The van der Waals surface area contributed by atoms with Crippen molar-refractivity contribution >= 4 is 16.8 Å². The van der Waals surface area contributed by atoms with Crippen molar-refractivity contribution in [2.24, 2.45) is 0 Å². The standard InChI is InChI=1S/C22H24N2O2/c1-4-16(3)23-22(25)19-13-21(24-20-8-6-5-7-18(19)20)26-14-17-11-9-15(2)10-12-17/h5-13,16H,4,14H2,1-3H3,(H,23,25). The molecule has 1 heterocycles. The monoisotopic (exact) mass is 348 g/mol. The Morgan fingerprint density at radius 3 is 2.62 bits per heavy atom. The maximum absolute atomic E-state index is 12.7. The predicted molar refractivity (Wildman–Crippen MR) is 104 cm³/mol. The molecule has 0 aliphatic heterocycles. The van der Waals surface area contributed by atoms with E-state index in [1.807, 2.05) is 50.2 Å². The van der Waals surface area contributed by atoms with E-state index in [1.54, 1.807) is 6.07 Å². The van der Waals surface area contributed by atoms with E-state index in [1.165, 1.54) is 5.56 Å². The van der Waals surface area contributed by atoms with E-state index in [0.29, 0.717) is 18.1 Å². The maximum Gasteiger partial charge on any atom is 0.252 e. The van der Waals surface area contributed by atoms with Crippen LogP contribution in [0.5, 0.6) is 5.88 Å². The van der Waals surface area contributed by atoms with E-state index in [0.717, 1.165) is 22.9 Å². The van der Waals surface area contributed by atoms with Gasteiger partial charge in [-0.15, -0.1) is 0 Å². The predicted octanol–water partition coefficient (Wildman–Crippen LogP) is 4.65. The number of para-hydroxylation sites is 1. The van der Waals surface area contributed by atoms with Gasteiger partial charge in [0.15, 0.2) is 0 Å². The summed E-state index contributed by atoms with van der Waals surface area (Å²) in [5.41, 5.74) is 3.62. The molecule has 1 amide bonds. The zero-order chi connectivity index (χ0) is 18.5. The lowest BCUT2D eigenvalue weighted by Crippen LogP contribution is -2.32. The summed E-state index contributed by atoms with van der Waals surface area (Å²) in [5.74, 6) is 0.358. The SMILES string of the molecule is CCC(C)NC(=O)c1cc(OCc2ccc(C)cc2)nc2ccccc12. The molecule has 3 rings (SSSR count). The topological polar surface area (TPSA) is 51.2 Å². The fourth-order valence-electron chi connectivity index (χ4n) is 2.66. The van der Waals surface area contributed by atoms with E-state index < -0.39 is 0 Å². The average Bonchev–Trinajstić information content (AvgIpc) is 2.66. The largest absolute Gasteiger partial charge is 0.473 e. The van der Waals surface area contributed by atoms with Crippen LogP contribution in [-0.4, -0.2) is 16.9 Å². The van der Waals surface area contributed by atoms with E-state index in [9.17, 15) is 4.79 Å². The summed E-state index contributed by atoms with van der Waals surface area (Å²) in [6.07, 6.45) is 0.880. The number of hydrogen-bond acceptors (Lipinski definition) is 3. The molecule has 0 bridgehead atoms. The van der Waals surface area contributed by atoms with Gasteiger partial charge in [0.1, 0.15) is 6.61 Å². The summed E-state index contributed by atoms with van der Waals surface area (Å²) in [5, 5.41) is 3.85. The van der Waals surface area contributed by atoms with Gasteiger partial charge < -0.3 is 10.1 Å². The van der Waals surface area contributed by atoms with Crippen molar-refractivity contribution in [2.45, 2.75) is 39.8 Å². The smallest absolute Gasteiger partial charge is 0.252 e. The van der Waals surface area contributed by atoms with Crippen molar-refractivity contribution in [1.29, 1.82) is 0 Å². The van der Waals surface area contributed by atoms with Crippen LogP contribution in [-0.2, 0) is 6.61 Å². The summed E-state index contributed by atoms with van der Waals surface area (Å²) < 4.78 is 5.87. The van der Waals surface area contributed by atoms with Crippen molar-refractivity contribution in [3.63, 3.8) is 0 Å². The maximum atomic E-state index is 12.7. The molecule has 4 heteroatoms. The first-order valence-electron chi connectivity index (χ1n) is 8.96. The van der Waals surface area contributed by atoms with E-state index in [2.05, 4.69) is 29.4 Å². The third kappa shape index (κ3) is 4.20. The molecule has 0 fully saturated rings. The zero-order valence-electron chi connectivity index (χ0n) is 15.5. The summed E-state index contributed by atoms with van der Waals surface area (Å²) in [7, 11) is 0. The number of nitrogens with one attached hydrogen (secondary N) is 1. The second-order valence-electron chi connectivity index (χ2n) is 6.58. The lowest BCUT2D eigenvalue weighted by molar-refractivity contribution is 0.0940. The number of amides is 1. The highest BCUT2D eigenvalue weighted by Gasteiger charge is 2.15. The molecule has 1 atom stereocenters. The molecule has 0 aliphatic carbocycles. The molecule has 134 valence electrons. The molecule has 1 N–H and O–H groups in total. The molecule has 0 radical (unpaired) electrons. The molecular formula is C22H24N2O2. The van der Waals surface area contributed by atoms with Crippen LogP contribution < -0.4 is 10.1 Å². The van der Waals surface area contributed by atoms with Gasteiger partial charge in [0.25, 0.3) is 5.91 Å². The van der Waals surface area contributed by atoms with Crippen LogP contribution in [0.15, 0.2) is 54.6 Å². The van der Waals surface area contributed by atoms with Crippen molar-refractivity contribution in [3.8, 4) is 5.88 Å². The Kier molecular flexibility index (Phi) is 5.52. The number of carbonyl (C=O) groups excluding carboxylic acids is 1. The average molecular weight is 348 g/mol. The second kappa shape index (κ2) is 8.00. The van der Waals surface area contributed by atoms with Gasteiger partial charge in [-0.2, -0.15) is 0 Å². The highest BCUT2D eigenvalue weighted by Crippen LogP contribution is 2.23. The minimum absolute atomic E-state index is 0.0989. The Hall–Kier alpha value is -2.88. The van der Waals surface area contributed by atoms with Crippen molar-refractivity contribution in [2.75, 3.05) is 0 Å². The van der Waals surface area contributed by atoms with E-state index >= 15 is 0 Å². The van der Waals surface area contributed by atoms with Crippen LogP contribution in [0.25, 0.3) is 10.9 Å². The number of hydrogen-bond donors (Lipinski definition) is 1.